The van der Waals surface area contributed by atoms with E-state index in [0.717, 1.165) is 35.4 Å². The van der Waals surface area contributed by atoms with Gasteiger partial charge < -0.3 is 5.32 Å². The number of nitrogens with one attached hydrogen (secondary N) is 2. The maximum absolute atomic E-state index is 12.3. The Labute approximate surface area is 209 Å². The molecule has 0 aromatic heterocycles. The standard InChI is InChI=1S/C25H16Br3N3O/c26-19-10-21(28)22(11-20(19)27)29-13-23(32)31-30-12-17-9-16-5-1-3-14-7-8-15-4-2-6-18(17)25(15)24(14)16/h1-12,29H,13H2,(H,31,32)/b30-12+. The Balaban J connectivity index is 1.37. The van der Waals surface area contributed by atoms with Gasteiger partial charge in [-0.3, -0.25) is 4.79 Å². The minimum Gasteiger partial charge on any atom is -0.375 e. The lowest BCUT2D eigenvalue weighted by molar-refractivity contribution is -0.119. The van der Waals surface area contributed by atoms with E-state index in [4.69, 9.17) is 0 Å². The number of benzene rings is 5. The molecule has 0 bridgehead atoms. The van der Waals surface area contributed by atoms with E-state index in [2.05, 4.69) is 118 Å². The van der Waals surface area contributed by atoms with Gasteiger partial charge in [0.1, 0.15) is 0 Å². The maximum Gasteiger partial charge on any atom is 0.259 e. The number of hydrogen-bond donors (Lipinski definition) is 2. The molecule has 0 aliphatic carbocycles. The van der Waals surface area contributed by atoms with Crippen molar-refractivity contribution in [3.63, 3.8) is 0 Å². The van der Waals surface area contributed by atoms with Crippen molar-refractivity contribution in [3.8, 4) is 0 Å². The van der Waals surface area contributed by atoms with Gasteiger partial charge in [-0.05, 0) is 98.3 Å². The zero-order valence-corrected chi connectivity index (χ0v) is 21.4. The Morgan fingerprint density at radius 1 is 0.812 bits per heavy atom. The lowest BCUT2D eigenvalue weighted by Crippen LogP contribution is -2.26. The van der Waals surface area contributed by atoms with Crippen LogP contribution in [0.1, 0.15) is 5.56 Å². The predicted molar refractivity (Wildman–Crippen MR) is 144 cm³/mol. The van der Waals surface area contributed by atoms with E-state index < -0.39 is 0 Å². The molecule has 0 saturated carbocycles. The van der Waals surface area contributed by atoms with Crippen molar-refractivity contribution >= 4 is 97.9 Å². The van der Waals surface area contributed by atoms with E-state index >= 15 is 0 Å². The number of nitrogens with zero attached hydrogens (tertiary/aromatic N) is 1. The SMILES string of the molecule is O=C(CNc1cc(Br)c(Br)cc1Br)N/N=C/c1cc2cccc3ccc4cccc1c4c32. The summed E-state index contributed by atoms with van der Waals surface area (Å²) >= 11 is 10.4. The second kappa shape index (κ2) is 8.81. The summed E-state index contributed by atoms with van der Waals surface area (Å²) in [5.74, 6) is -0.232. The van der Waals surface area contributed by atoms with Gasteiger partial charge in [-0.1, -0.05) is 48.5 Å². The Hall–Kier alpha value is -2.48. The molecule has 32 heavy (non-hydrogen) atoms. The van der Waals surface area contributed by atoms with Crippen molar-refractivity contribution < 1.29 is 4.79 Å². The molecule has 0 atom stereocenters. The lowest BCUT2D eigenvalue weighted by Gasteiger charge is -2.12. The van der Waals surface area contributed by atoms with Crippen LogP contribution >= 0.6 is 47.8 Å². The first-order valence-corrected chi connectivity index (χ1v) is 12.3. The fraction of sp³-hybridized carbons (Fsp3) is 0.0400. The third-order valence-electron chi connectivity index (χ3n) is 5.38. The molecule has 0 spiro atoms. The summed E-state index contributed by atoms with van der Waals surface area (Å²) < 4.78 is 2.68. The summed E-state index contributed by atoms with van der Waals surface area (Å²) in [6.45, 7) is 0.0980. The monoisotopic (exact) mass is 611 g/mol. The summed E-state index contributed by atoms with van der Waals surface area (Å²) in [7, 11) is 0. The quantitative estimate of drug-likeness (QED) is 0.0937. The molecule has 2 N–H and O–H groups in total. The smallest absolute Gasteiger partial charge is 0.259 e. The first kappa shape index (κ1) is 21.4. The Kier molecular flexibility index (Phi) is 5.88. The number of amides is 1. The van der Waals surface area contributed by atoms with Gasteiger partial charge in [-0.2, -0.15) is 5.10 Å². The van der Waals surface area contributed by atoms with Crippen LogP contribution < -0.4 is 10.7 Å². The zero-order valence-electron chi connectivity index (χ0n) is 16.6. The maximum atomic E-state index is 12.3. The predicted octanol–water partition coefficient (Wildman–Crippen LogP) is 7.43. The third kappa shape index (κ3) is 4.00. The van der Waals surface area contributed by atoms with Crippen molar-refractivity contribution in [2.24, 2.45) is 5.10 Å². The van der Waals surface area contributed by atoms with Crippen molar-refractivity contribution in [3.05, 3.63) is 85.7 Å². The van der Waals surface area contributed by atoms with E-state index in [1.807, 2.05) is 12.1 Å². The van der Waals surface area contributed by atoms with Gasteiger partial charge in [-0.25, -0.2) is 5.43 Å². The average molecular weight is 614 g/mol. The summed E-state index contributed by atoms with van der Waals surface area (Å²) in [5, 5.41) is 14.5. The fourth-order valence-electron chi connectivity index (χ4n) is 3.94. The van der Waals surface area contributed by atoms with E-state index in [1.165, 1.54) is 21.5 Å². The molecule has 5 rings (SSSR count). The average Bonchev–Trinajstić information content (AvgIpc) is 2.79. The minimum atomic E-state index is -0.232. The van der Waals surface area contributed by atoms with Crippen LogP contribution in [0.2, 0.25) is 0 Å². The molecule has 0 heterocycles. The second-order valence-electron chi connectivity index (χ2n) is 7.41. The summed E-state index contributed by atoms with van der Waals surface area (Å²) in [5.41, 5.74) is 4.40. The second-order valence-corrected chi connectivity index (χ2v) is 9.97. The van der Waals surface area contributed by atoms with Gasteiger partial charge in [0.2, 0.25) is 0 Å². The molecule has 1 amide bonds. The summed E-state index contributed by atoms with van der Waals surface area (Å²) in [4.78, 5) is 12.3. The molecule has 0 radical (unpaired) electrons. The molecule has 0 aliphatic rings. The van der Waals surface area contributed by atoms with Crippen molar-refractivity contribution in [2.75, 3.05) is 11.9 Å². The van der Waals surface area contributed by atoms with Crippen LogP contribution in [-0.2, 0) is 4.79 Å². The highest BCUT2D eigenvalue weighted by atomic mass is 79.9. The number of hydrazone groups is 1. The minimum absolute atomic E-state index is 0.0980. The van der Waals surface area contributed by atoms with Crippen molar-refractivity contribution in [1.82, 2.24) is 5.43 Å². The van der Waals surface area contributed by atoms with E-state index in [0.29, 0.717) is 0 Å². The third-order valence-corrected chi connectivity index (χ3v) is 7.88. The molecule has 5 aromatic carbocycles. The van der Waals surface area contributed by atoms with Gasteiger partial charge in [0.05, 0.1) is 18.4 Å². The first-order valence-electron chi connectivity index (χ1n) is 9.88. The molecule has 0 fully saturated rings. The number of hydrogen-bond acceptors (Lipinski definition) is 3. The van der Waals surface area contributed by atoms with Crippen LogP contribution in [0.15, 0.2) is 85.2 Å². The van der Waals surface area contributed by atoms with Crippen LogP contribution in [0, 0.1) is 0 Å². The molecule has 7 heteroatoms. The Morgan fingerprint density at radius 3 is 2.31 bits per heavy atom. The van der Waals surface area contributed by atoms with Crippen molar-refractivity contribution in [1.29, 1.82) is 0 Å². The Morgan fingerprint density at radius 2 is 1.50 bits per heavy atom. The van der Waals surface area contributed by atoms with E-state index in [-0.39, 0.29) is 12.5 Å². The molecule has 158 valence electrons. The van der Waals surface area contributed by atoms with Crippen LogP contribution in [-0.4, -0.2) is 18.7 Å². The van der Waals surface area contributed by atoms with E-state index in [1.54, 1.807) is 6.21 Å². The topological polar surface area (TPSA) is 53.5 Å². The number of anilines is 1. The van der Waals surface area contributed by atoms with Crippen LogP contribution in [0.25, 0.3) is 32.3 Å². The molecular formula is C25H16Br3N3O. The van der Waals surface area contributed by atoms with Gasteiger partial charge >= 0.3 is 0 Å². The largest absolute Gasteiger partial charge is 0.375 e. The van der Waals surface area contributed by atoms with Crippen molar-refractivity contribution in [2.45, 2.75) is 0 Å². The highest BCUT2D eigenvalue weighted by Crippen LogP contribution is 2.36. The molecule has 0 unspecified atom stereocenters. The van der Waals surface area contributed by atoms with Gasteiger partial charge in [0.15, 0.2) is 0 Å². The van der Waals surface area contributed by atoms with Gasteiger partial charge in [-0.15, -0.1) is 0 Å². The first-order chi connectivity index (χ1) is 15.5. The molecule has 5 aromatic rings. The normalized spacial score (nSPS) is 11.7. The molecular weight excluding hydrogens is 598 g/mol. The highest BCUT2D eigenvalue weighted by molar-refractivity contribution is 9.13. The Bertz CT molecular complexity index is 1510. The van der Waals surface area contributed by atoms with Gasteiger partial charge in [0.25, 0.3) is 5.91 Å². The molecule has 0 aliphatic heterocycles. The summed E-state index contributed by atoms with van der Waals surface area (Å²) in [6, 6.07) is 22.8. The molecule has 0 saturated heterocycles. The molecule has 4 nitrogen and oxygen atoms in total. The zero-order chi connectivity index (χ0) is 22.2. The van der Waals surface area contributed by atoms with E-state index in [9.17, 15) is 4.79 Å². The highest BCUT2D eigenvalue weighted by Gasteiger charge is 2.11. The fourth-order valence-corrected chi connectivity index (χ4v) is 5.42. The van der Waals surface area contributed by atoms with Crippen LogP contribution in [0.4, 0.5) is 5.69 Å². The van der Waals surface area contributed by atoms with Crippen LogP contribution in [0.5, 0.6) is 0 Å². The van der Waals surface area contributed by atoms with Crippen LogP contribution in [0.3, 0.4) is 0 Å². The number of carbonyl (C=O) groups excluding carboxylic acids is 1. The number of halogens is 3. The lowest BCUT2D eigenvalue weighted by atomic mass is 9.92. The summed E-state index contributed by atoms with van der Waals surface area (Å²) in [6.07, 6.45) is 1.72. The number of carbonyl (C=O) groups is 1. The van der Waals surface area contributed by atoms with Gasteiger partial charge in [0, 0.05) is 19.0 Å². The number of rotatable bonds is 5.